The lowest BCUT2D eigenvalue weighted by molar-refractivity contribution is -0.128. The summed E-state index contributed by atoms with van der Waals surface area (Å²) in [5, 5.41) is 3.21. The van der Waals surface area contributed by atoms with Crippen molar-refractivity contribution in [1.82, 2.24) is 19.9 Å². The molecule has 1 N–H and O–H groups in total. The molecule has 1 saturated heterocycles. The molecular formula is C31H25N5O3S. The van der Waals surface area contributed by atoms with Crippen LogP contribution >= 0.6 is 11.3 Å². The molecule has 0 aliphatic carbocycles. The first-order valence-electron chi connectivity index (χ1n) is 13.1. The molecule has 1 aliphatic rings. The van der Waals surface area contributed by atoms with Gasteiger partial charge >= 0.3 is 0 Å². The first kappa shape index (κ1) is 24.3. The molecule has 6 aromatic rings. The van der Waals surface area contributed by atoms with Crippen LogP contribution in [-0.2, 0) is 11.3 Å². The predicted molar refractivity (Wildman–Crippen MR) is 156 cm³/mol. The fourth-order valence-corrected chi connectivity index (χ4v) is 5.83. The number of aryl methyl sites for hydroxylation is 1. The molecule has 8 nitrogen and oxygen atoms in total. The van der Waals surface area contributed by atoms with Crippen LogP contribution in [0.2, 0.25) is 0 Å². The Hall–Kier alpha value is -4.76. The lowest BCUT2D eigenvalue weighted by atomic mass is 10.2. The standard InChI is InChI=1S/C31H25N5O3S/c1-19-4-7-21(8-5-19)34-31-35-24-15-22(9-11-26(24)39-31)38-27-12-13-32-25-16-28(40-30(25)27)23-10-6-20(17-33-23)18-36-14-2-3-29(36)37/h4-13,15-17H,2-3,14,18H2,1H3,(H,34,35). The van der Waals surface area contributed by atoms with Crippen LogP contribution in [0.1, 0.15) is 24.0 Å². The van der Waals surface area contributed by atoms with Gasteiger partial charge < -0.3 is 19.4 Å². The number of benzene rings is 2. The smallest absolute Gasteiger partial charge is 0.300 e. The van der Waals surface area contributed by atoms with Crippen LogP contribution < -0.4 is 10.1 Å². The fourth-order valence-electron chi connectivity index (χ4n) is 4.79. The third kappa shape index (κ3) is 4.87. The van der Waals surface area contributed by atoms with Gasteiger partial charge in [-0.1, -0.05) is 23.8 Å². The van der Waals surface area contributed by atoms with Crippen molar-refractivity contribution in [2.24, 2.45) is 0 Å². The summed E-state index contributed by atoms with van der Waals surface area (Å²) in [6.45, 7) is 3.48. The van der Waals surface area contributed by atoms with Gasteiger partial charge in [0.05, 0.1) is 20.8 Å². The Balaban J connectivity index is 1.10. The van der Waals surface area contributed by atoms with Gasteiger partial charge in [0, 0.05) is 49.7 Å². The summed E-state index contributed by atoms with van der Waals surface area (Å²) < 4.78 is 13.1. The Morgan fingerprint density at radius 3 is 2.73 bits per heavy atom. The summed E-state index contributed by atoms with van der Waals surface area (Å²) >= 11 is 1.59. The lowest BCUT2D eigenvalue weighted by Crippen LogP contribution is -2.23. The van der Waals surface area contributed by atoms with Crippen LogP contribution in [0.4, 0.5) is 11.7 Å². The van der Waals surface area contributed by atoms with E-state index in [1.807, 2.05) is 84.8 Å². The number of rotatable bonds is 7. The summed E-state index contributed by atoms with van der Waals surface area (Å²) in [5.74, 6) is 1.59. The molecule has 1 amide bonds. The Kier molecular flexibility index (Phi) is 6.13. The third-order valence-corrected chi connectivity index (χ3v) is 8.05. The minimum atomic E-state index is 0.217. The average molecular weight is 548 g/mol. The number of ether oxygens (including phenoxy) is 1. The zero-order valence-corrected chi connectivity index (χ0v) is 22.6. The van der Waals surface area contributed by atoms with Gasteiger partial charge in [0.15, 0.2) is 5.58 Å². The highest BCUT2D eigenvalue weighted by atomic mass is 32.1. The molecule has 0 unspecified atom stereocenters. The zero-order valence-electron chi connectivity index (χ0n) is 21.8. The molecule has 0 atom stereocenters. The van der Waals surface area contributed by atoms with Gasteiger partial charge in [-0.3, -0.25) is 14.8 Å². The van der Waals surface area contributed by atoms with E-state index in [1.54, 1.807) is 17.5 Å². The number of anilines is 2. The second-order valence-electron chi connectivity index (χ2n) is 9.85. The normalized spacial score (nSPS) is 13.4. The van der Waals surface area contributed by atoms with Crippen molar-refractivity contribution < 1.29 is 13.9 Å². The van der Waals surface area contributed by atoms with Crippen LogP contribution in [0.25, 0.3) is 31.9 Å². The molecule has 0 saturated carbocycles. The van der Waals surface area contributed by atoms with Crippen molar-refractivity contribution in [2.45, 2.75) is 26.3 Å². The summed E-state index contributed by atoms with van der Waals surface area (Å²) in [6, 6.07) is 22.0. The number of aromatic nitrogens is 3. The number of oxazole rings is 1. The van der Waals surface area contributed by atoms with Crippen LogP contribution in [0, 0.1) is 6.92 Å². The van der Waals surface area contributed by atoms with Gasteiger partial charge in [-0.05, 0) is 55.3 Å². The number of likely N-dealkylation sites (tertiary alicyclic amines) is 1. The Labute approximate surface area is 234 Å². The van der Waals surface area contributed by atoms with Crippen LogP contribution in [0.15, 0.2) is 83.5 Å². The number of hydrogen-bond donors (Lipinski definition) is 1. The topological polar surface area (TPSA) is 93.4 Å². The maximum absolute atomic E-state index is 11.9. The maximum atomic E-state index is 11.9. The second-order valence-corrected chi connectivity index (χ2v) is 10.9. The number of fused-ring (bicyclic) bond motifs is 2. The van der Waals surface area contributed by atoms with E-state index >= 15 is 0 Å². The molecule has 198 valence electrons. The Bertz CT molecular complexity index is 1840. The average Bonchev–Trinajstić information content (AvgIpc) is 3.69. The second kappa shape index (κ2) is 10.1. The van der Waals surface area contributed by atoms with Gasteiger partial charge in [-0.2, -0.15) is 4.98 Å². The van der Waals surface area contributed by atoms with Crippen molar-refractivity contribution >= 4 is 50.3 Å². The minimum Gasteiger partial charge on any atom is -0.456 e. The molecule has 5 heterocycles. The number of thiophene rings is 1. The van der Waals surface area contributed by atoms with Gasteiger partial charge in [0.25, 0.3) is 6.01 Å². The zero-order chi connectivity index (χ0) is 27.1. The van der Waals surface area contributed by atoms with Crippen molar-refractivity contribution in [2.75, 3.05) is 11.9 Å². The van der Waals surface area contributed by atoms with Crippen LogP contribution in [0.5, 0.6) is 11.5 Å². The number of nitrogens with zero attached hydrogens (tertiary/aromatic N) is 4. The first-order valence-corrected chi connectivity index (χ1v) is 13.9. The van der Waals surface area contributed by atoms with Crippen molar-refractivity contribution in [3.05, 3.63) is 90.3 Å². The monoisotopic (exact) mass is 547 g/mol. The van der Waals surface area contributed by atoms with Crippen LogP contribution in [0.3, 0.4) is 0 Å². The molecule has 7 rings (SSSR count). The van der Waals surface area contributed by atoms with Gasteiger partial charge in [0.1, 0.15) is 17.0 Å². The molecule has 40 heavy (non-hydrogen) atoms. The fraction of sp³-hybridized carbons (Fsp3) is 0.161. The van der Waals surface area contributed by atoms with Gasteiger partial charge in [0.2, 0.25) is 5.91 Å². The summed E-state index contributed by atoms with van der Waals surface area (Å²) in [6.07, 6.45) is 5.17. The summed E-state index contributed by atoms with van der Waals surface area (Å²) in [4.78, 5) is 28.6. The summed E-state index contributed by atoms with van der Waals surface area (Å²) in [7, 11) is 0. The molecule has 9 heteroatoms. The highest BCUT2D eigenvalue weighted by Crippen LogP contribution is 2.39. The lowest BCUT2D eigenvalue weighted by Gasteiger charge is -2.15. The van der Waals surface area contributed by atoms with Crippen molar-refractivity contribution in [1.29, 1.82) is 0 Å². The molecule has 2 aromatic carbocycles. The number of pyridine rings is 2. The first-order chi connectivity index (χ1) is 19.6. The Morgan fingerprint density at radius 1 is 1.02 bits per heavy atom. The highest BCUT2D eigenvalue weighted by molar-refractivity contribution is 7.22. The predicted octanol–water partition coefficient (Wildman–Crippen LogP) is 7.47. The minimum absolute atomic E-state index is 0.217. The Morgan fingerprint density at radius 2 is 1.93 bits per heavy atom. The van der Waals surface area contributed by atoms with Crippen LogP contribution in [-0.4, -0.2) is 32.3 Å². The number of nitrogens with one attached hydrogen (secondary N) is 1. The van der Waals surface area contributed by atoms with E-state index in [0.29, 0.717) is 41.6 Å². The van der Waals surface area contributed by atoms with E-state index in [0.717, 1.165) is 45.0 Å². The summed E-state index contributed by atoms with van der Waals surface area (Å²) in [5.41, 5.74) is 6.21. The van der Waals surface area contributed by atoms with E-state index in [2.05, 4.69) is 20.3 Å². The van der Waals surface area contributed by atoms with E-state index < -0.39 is 0 Å². The van der Waals surface area contributed by atoms with E-state index in [1.165, 1.54) is 5.56 Å². The molecular weight excluding hydrogens is 522 g/mol. The molecule has 4 aromatic heterocycles. The molecule has 0 spiro atoms. The quantitative estimate of drug-likeness (QED) is 0.222. The van der Waals surface area contributed by atoms with Gasteiger partial charge in [-0.15, -0.1) is 11.3 Å². The molecule has 1 fully saturated rings. The number of carbonyl (C=O) groups is 1. The third-order valence-electron chi connectivity index (χ3n) is 6.89. The number of carbonyl (C=O) groups excluding carboxylic acids is 1. The van der Waals surface area contributed by atoms with E-state index in [-0.39, 0.29) is 5.91 Å². The number of hydrogen-bond acceptors (Lipinski definition) is 8. The SMILES string of the molecule is Cc1ccc(Nc2nc3cc(Oc4ccnc5cc(-c6ccc(CN7CCCC7=O)cn6)sc45)ccc3o2)cc1. The van der Waals surface area contributed by atoms with Crippen molar-refractivity contribution in [3.8, 4) is 22.1 Å². The highest BCUT2D eigenvalue weighted by Gasteiger charge is 2.20. The molecule has 0 radical (unpaired) electrons. The van der Waals surface area contributed by atoms with E-state index in [4.69, 9.17) is 9.15 Å². The van der Waals surface area contributed by atoms with Gasteiger partial charge in [-0.25, -0.2) is 0 Å². The molecule has 0 bridgehead atoms. The molecule has 1 aliphatic heterocycles. The van der Waals surface area contributed by atoms with E-state index in [9.17, 15) is 4.79 Å². The van der Waals surface area contributed by atoms with Crippen molar-refractivity contribution in [3.63, 3.8) is 0 Å². The maximum Gasteiger partial charge on any atom is 0.300 e. The number of amides is 1. The largest absolute Gasteiger partial charge is 0.456 e.